The fourth-order valence-electron chi connectivity index (χ4n) is 3.99. The van der Waals surface area contributed by atoms with Gasteiger partial charge in [-0.3, -0.25) is 4.99 Å². The van der Waals surface area contributed by atoms with Gasteiger partial charge in [-0.15, -0.1) is 0 Å². The van der Waals surface area contributed by atoms with Crippen LogP contribution in [-0.4, -0.2) is 25.6 Å². The van der Waals surface area contributed by atoms with Gasteiger partial charge in [-0.1, -0.05) is 12.1 Å². The summed E-state index contributed by atoms with van der Waals surface area (Å²) in [7, 11) is 0. The molecule has 1 aliphatic carbocycles. The van der Waals surface area contributed by atoms with Crippen molar-refractivity contribution in [3.63, 3.8) is 0 Å². The lowest BCUT2D eigenvalue weighted by atomic mass is 10.0. The third kappa shape index (κ3) is 3.16. The van der Waals surface area contributed by atoms with Crippen molar-refractivity contribution in [1.29, 1.82) is 0 Å². The Morgan fingerprint density at radius 2 is 1.80 bits per heavy atom. The topological polar surface area (TPSA) is 74.2 Å². The first kappa shape index (κ1) is 18.2. The second-order valence-corrected chi connectivity index (χ2v) is 7.24. The fourth-order valence-corrected chi connectivity index (χ4v) is 3.99. The summed E-state index contributed by atoms with van der Waals surface area (Å²) in [4.78, 5) is 17.2. The number of fused-ring (bicyclic) bond motifs is 4. The van der Waals surface area contributed by atoms with Crippen LogP contribution in [0.1, 0.15) is 23.6 Å². The number of anilines is 1. The van der Waals surface area contributed by atoms with E-state index in [0.717, 1.165) is 45.9 Å². The minimum Gasteiger partial charge on any atom is -0.530 e. The quantitative estimate of drug-likeness (QED) is 0.488. The van der Waals surface area contributed by atoms with Crippen molar-refractivity contribution in [2.75, 3.05) is 18.2 Å². The van der Waals surface area contributed by atoms with Gasteiger partial charge in [-0.25, -0.2) is 0 Å². The van der Waals surface area contributed by atoms with Gasteiger partial charge in [-0.05, 0) is 83.6 Å². The Bertz CT molecular complexity index is 1190. The summed E-state index contributed by atoms with van der Waals surface area (Å²) >= 11 is 0. The van der Waals surface area contributed by atoms with Gasteiger partial charge in [0.2, 0.25) is 6.79 Å². The molecule has 1 heterocycles. The summed E-state index contributed by atoms with van der Waals surface area (Å²) in [6, 6.07) is 17.6. The van der Waals surface area contributed by atoms with E-state index in [9.17, 15) is 9.90 Å². The lowest BCUT2D eigenvalue weighted by Crippen LogP contribution is -2.41. The monoisotopic (exact) mass is 399 g/mol. The van der Waals surface area contributed by atoms with Gasteiger partial charge in [0.1, 0.15) is 6.09 Å². The highest BCUT2D eigenvalue weighted by atomic mass is 16.7. The predicted octanol–water partition coefficient (Wildman–Crippen LogP) is 3.91. The maximum atomic E-state index is 11.3. The van der Waals surface area contributed by atoms with E-state index >= 15 is 0 Å². The molecule has 0 saturated carbocycles. The van der Waals surface area contributed by atoms with Gasteiger partial charge in [0.05, 0.1) is 5.69 Å². The number of carboxylic acid groups (broad SMARTS) is 1. The third-order valence-electron chi connectivity index (χ3n) is 5.46. The van der Waals surface area contributed by atoms with Crippen molar-refractivity contribution in [2.24, 2.45) is 4.99 Å². The number of rotatable bonds is 4. The first-order valence-corrected chi connectivity index (χ1v) is 9.81. The molecule has 3 aromatic carbocycles. The van der Waals surface area contributed by atoms with Crippen molar-refractivity contribution in [3.05, 3.63) is 71.3 Å². The maximum absolute atomic E-state index is 11.3. The lowest BCUT2D eigenvalue weighted by Gasteiger charge is -2.24. The summed E-state index contributed by atoms with van der Waals surface area (Å²) < 4.78 is 10.7. The molecule has 5 rings (SSSR count). The van der Waals surface area contributed by atoms with Crippen molar-refractivity contribution in [1.82, 2.24) is 0 Å². The van der Waals surface area contributed by atoms with Crippen LogP contribution in [0, 0.1) is 0 Å². The van der Waals surface area contributed by atoms with Crippen LogP contribution in [0.3, 0.4) is 0 Å². The van der Waals surface area contributed by atoms with Crippen LogP contribution >= 0.6 is 0 Å². The Hall–Kier alpha value is -3.80. The molecule has 0 saturated heterocycles. The number of hydrogen-bond donors (Lipinski definition) is 0. The molecule has 1 aliphatic heterocycles. The van der Waals surface area contributed by atoms with Crippen molar-refractivity contribution < 1.29 is 19.4 Å². The molecule has 0 radical (unpaired) electrons. The number of aliphatic imine (C=N–C) groups is 1. The number of amides is 1. The molecule has 0 N–H and O–H groups in total. The average molecular weight is 399 g/mol. The summed E-state index contributed by atoms with van der Waals surface area (Å²) in [6.07, 6.45) is 1.37. The Morgan fingerprint density at radius 3 is 2.60 bits per heavy atom. The zero-order chi connectivity index (χ0) is 20.7. The summed E-state index contributed by atoms with van der Waals surface area (Å²) in [6.45, 7) is 2.40. The van der Waals surface area contributed by atoms with Gasteiger partial charge < -0.3 is 24.3 Å². The molecular weight excluding hydrogens is 380 g/mol. The zero-order valence-electron chi connectivity index (χ0n) is 16.4. The van der Waals surface area contributed by atoms with E-state index < -0.39 is 6.09 Å². The Labute approximate surface area is 174 Å². The van der Waals surface area contributed by atoms with Crippen molar-refractivity contribution >= 4 is 23.7 Å². The van der Waals surface area contributed by atoms with E-state index in [1.54, 1.807) is 6.92 Å². The number of carbonyl (C=O) groups excluding carboxylic acids is 1. The van der Waals surface area contributed by atoms with Gasteiger partial charge in [0.25, 0.3) is 0 Å². The minimum absolute atomic E-state index is 0.252. The van der Waals surface area contributed by atoms with Gasteiger partial charge in [-0.2, -0.15) is 0 Å². The number of carbonyl (C=O) groups is 1. The molecule has 0 bridgehead atoms. The highest BCUT2D eigenvalue weighted by Gasteiger charge is 2.20. The van der Waals surface area contributed by atoms with E-state index in [-0.39, 0.29) is 6.79 Å². The number of ether oxygens (including phenoxy) is 2. The summed E-state index contributed by atoms with van der Waals surface area (Å²) in [5.74, 6) is 1.49. The first-order valence-electron chi connectivity index (χ1n) is 9.81. The van der Waals surface area contributed by atoms with E-state index in [1.165, 1.54) is 10.5 Å². The molecule has 0 unspecified atom stereocenters. The number of hydrogen-bond acceptors (Lipinski definition) is 5. The number of nitrogens with zero attached hydrogens (tertiary/aromatic N) is 2. The molecule has 0 spiro atoms. The van der Waals surface area contributed by atoms with Crippen molar-refractivity contribution in [3.8, 4) is 22.6 Å². The molecule has 2 aliphatic rings. The van der Waals surface area contributed by atoms with Crippen molar-refractivity contribution in [2.45, 2.75) is 13.3 Å². The van der Waals surface area contributed by atoms with Gasteiger partial charge in [0, 0.05) is 18.4 Å². The second kappa shape index (κ2) is 7.22. The standard InChI is InChI=1S/C24H20N2O4/c1-2-26(24(27)28)19-5-7-21-17(12-19)10-16-11-18(4-6-20(16)21)25-13-15-3-8-22-23(9-15)30-14-29-22/h3-9,11-13H,2,10,14H2,1H3,(H,27,28)/p-1. The Morgan fingerprint density at radius 1 is 1.03 bits per heavy atom. The zero-order valence-corrected chi connectivity index (χ0v) is 16.4. The largest absolute Gasteiger partial charge is 0.530 e. The van der Waals surface area contributed by atoms with Crippen LogP contribution in [0.25, 0.3) is 11.1 Å². The van der Waals surface area contributed by atoms with Crippen LogP contribution in [-0.2, 0) is 6.42 Å². The molecule has 0 fully saturated rings. The van der Waals surface area contributed by atoms with Gasteiger partial charge >= 0.3 is 0 Å². The molecule has 0 aromatic heterocycles. The molecule has 30 heavy (non-hydrogen) atoms. The smallest absolute Gasteiger partial charge is 0.231 e. The summed E-state index contributed by atoms with van der Waals surface area (Å²) in [5, 5.41) is 11.3. The van der Waals surface area contributed by atoms with Gasteiger partial charge in [0.15, 0.2) is 11.5 Å². The molecule has 3 aromatic rings. The van der Waals surface area contributed by atoms with Crippen LogP contribution in [0.5, 0.6) is 11.5 Å². The molecule has 0 atom stereocenters. The molecule has 6 heteroatoms. The SMILES string of the molecule is CCN(C(=O)[O-])c1ccc2c(c1)Cc1cc(N=Cc3ccc4c(c3)OCO4)ccc1-2. The van der Waals surface area contributed by atoms with E-state index in [4.69, 9.17) is 9.47 Å². The van der Waals surface area contributed by atoms with E-state index in [0.29, 0.717) is 12.2 Å². The van der Waals surface area contributed by atoms with Crippen LogP contribution in [0.4, 0.5) is 16.2 Å². The number of benzene rings is 3. The molecular formula is C24H19N2O4-. The van der Waals surface area contributed by atoms with E-state index in [1.807, 2.05) is 48.7 Å². The second-order valence-electron chi connectivity index (χ2n) is 7.24. The molecule has 1 amide bonds. The third-order valence-corrected chi connectivity index (χ3v) is 5.46. The minimum atomic E-state index is -1.19. The summed E-state index contributed by atoms with van der Waals surface area (Å²) in [5.41, 5.74) is 7.03. The maximum Gasteiger partial charge on any atom is 0.231 e. The van der Waals surface area contributed by atoms with Crippen LogP contribution < -0.4 is 19.5 Å². The highest BCUT2D eigenvalue weighted by molar-refractivity contribution is 5.88. The Kier molecular flexibility index (Phi) is 4.39. The normalized spacial score (nSPS) is 13.4. The lowest BCUT2D eigenvalue weighted by molar-refractivity contribution is -0.246. The predicted molar refractivity (Wildman–Crippen MR) is 113 cm³/mol. The highest BCUT2D eigenvalue weighted by Crippen LogP contribution is 2.40. The van der Waals surface area contributed by atoms with E-state index in [2.05, 4.69) is 17.1 Å². The fraction of sp³-hybridized carbons (Fsp3) is 0.167. The van der Waals surface area contributed by atoms with Crippen LogP contribution in [0.2, 0.25) is 0 Å². The van der Waals surface area contributed by atoms with Crippen LogP contribution in [0.15, 0.2) is 59.6 Å². The average Bonchev–Trinajstić information content (AvgIpc) is 3.35. The molecule has 150 valence electrons. The first-order chi connectivity index (χ1) is 14.6. The Balaban J connectivity index is 1.39. The molecule has 6 nitrogen and oxygen atoms in total.